The van der Waals surface area contributed by atoms with E-state index < -0.39 is 17.3 Å². The summed E-state index contributed by atoms with van der Waals surface area (Å²) in [5.74, 6) is -1.24. The molecule has 4 fully saturated rings. The third-order valence-electron chi connectivity index (χ3n) is 6.96. The monoisotopic (exact) mass is 367 g/mol. The van der Waals surface area contributed by atoms with E-state index in [9.17, 15) is 15.2 Å². The smallest absolute Gasteiger partial charge is 0.310 e. The Morgan fingerprint density at radius 1 is 1.44 bits per heavy atom. The van der Waals surface area contributed by atoms with Crippen LogP contribution < -0.4 is 0 Å². The van der Waals surface area contributed by atoms with Gasteiger partial charge in [0.05, 0.1) is 41.9 Å². The molecule has 1 aromatic rings. The fourth-order valence-electron chi connectivity index (χ4n) is 6.20. The summed E-state index contributed by atoms with van der Waals surface area (Å²) in [6, 6.07) is 7.14. The third-order valence-corrected chi connectivity index (χ3v) is 6.96. The van der Waals surface area contributed by atoms with Crippen molar-refractivity contribution in [3.05, 3.63) is 41.5 Å². The Bertz CT molecular complexity index is 924. The number of nitrogens with zero attached hydrogens (tertiary/aromatic N) is 3. The quantitative estimate of drug-likeness (QED) is 0.275. The van der Waals surface area contributed by atoms with Crippen LogP contribution in [-0.2, 0) is 14.9 Å². The van der Waals surface area contributed by atoms with Crippen molar-refractivity contribution in [3.8, 4) is 0 Å². The van der Waals surface area contributed by atoms with E-state index in [1.54, 1.807) is 0 Å². The molecule has 0 radical (unpaired) electrons. The highest BCUT2D eigenvalue weighted by Gasteiger charge is 2.73. The lowest BCUT2D eigenvalue weighted by atomic mass is 9.42. The van der Waals surface area contributed by atoms with Gasteiger partial charge in [0, 0.05) is 12.1 Å². The second-order valence-corrected chi connectivity index (χ2v) is 7.65. The van der Waals surface area contributed by atoms with Crippen molar-refractivity contribution in [2.75, 3.05) is 7.11 Å². The molecule has 2 saturated heterocycles. The largest absolute Gasteiger partial charge is 0.469 e. The number of oxime groups is 1. The highest BCUT2D eigenvalue weighted by atomic mass is 16.5. The number of rotatable bonds is 2. The van der Waals surface area contributed by atoms with Crippen molar-refractivity contribution in [3.63, 3.8) is 0 Å². The molecule has 2 N–H and O–H groups in total. The number of piperidine rings is 2. The Morgan fingerprint density at radius 2 is 2.22 bits per heavy atom. The van der Waals surface area contributed by atoms with Gasteiger partial charge < -0.3 is 15.2 Å². The number of esters is 1. The van der Waals surface area contributed by atoms with Crippen LogP contribution in [0.15, 0.2) is 46.1 Å². The maximum Gasteiger partial charge on any atom is 0.310 e. The van der Waals surface area contributed by atoms with E-state index in [0.29, 0.717) is 6.42 Å². The molecule has 7 heteroatoms. The van der Waals surface area contributed by atoms with Crippen LogP contribution in [0.25, 0.3) is 0 Å². The van der Waals surface area contributed by atoms with Crippen molar-refractivity contribution < 1.29 is 19.9 Å². The topological polar surface area (TPSA) is 94.7 Å². The zero-order chi connectivity index (χ0) is 18.9. The fourth-order valence-corrected chi connectivity index (χ4v) is 6.20. The van der Waals surface area contributed by atoms with Crippen molar-refractivity contribution in [2.24, 2.45) is 27.9 Å². The third kappa shape index (κ3) is 1.72. The predicted molar refractivity (Wildman–Crippen MR) is 97.6 cm³/mol. The SMILES string of the molecule is CC=C1[C@H]2C[C@H]3C4=Nc5ccccc5[C@@]4([C@@H]2C(=O)OC)[C@@H](/C=N\O)[C@H]1N3O. The molecule has 0 aromatic heterocycles. The number of hydrogen-bond donors (Lipinski definition) is 2. The number of aliphatic imine (C=N–C) groups is 1. The molecular formula is C20H21N3O4. The summed E-state index contributed by atoms with van der Waals surface area (Å²) in [6.07, 6.45) is 4.03. The average molecular weight is 367 g/mol. The molecule has 5 aliphatic rings. The number of hydrogen-bond acceptors (Lipinski definition) is 7. The number of hydroxylamine groups is 2. The van der Waals surface area contributed by atoms with Crippen molar-refractivity contribution in [1.82, 2.24) is 5.06 Å². The minimum absolute atomic E-state index is 0.0469. The first-order chi connectivity index (χ1) is 13.1. The molecule has 2 saturated carbocycles. The number of para-hydroxylation sites is 1. The van der Waals surface area contributed by atoms with Crippen LogP contribution in [0.2, 0.25) is 0 Å². The van der Waals surface area contributed by atoms with Gasteiger partial charge in [0.1, 0.15) is 0 Å². The Morgan fingerprint density at radius 3 is 2.93 bits per heavy atom. The number of carbonyl (C=O) groups is 1. The average Bonchev–Trinajstić information content (AvgIpc) is 3.03. The molecule has 27 heavy (non-hydrogen) atoms. The van der Waals surface area contributed by atoms with Crippen LogP contribution in [0.4, 0.5) is 5.69 Å². The first-order valence-electron chi connectivity index (χ1n) is 9.18. The van der Waals surface area contributed by atoms with Gasteiger partial charge in [0.25, 0.3) is 0 Å². The first kappa shape index (κ1) is 16.6. The minimum Gasteiger partial charge on any atom is -0.469 e. The highest BCUT2D eigenvalue weighted by molar-refractivity contribution is 6.12. The molecule has 6 rings (SSSR count). The number of fused-ring (bicyclic) bond motifs is 1. The van der Waals surface area contributed by atoms with Gasteiger partial charge in [0.15, 0.2) is 0 Å². The standard InChI is InChI=1S/C20H21N3O4/c1-3-10-11-8-15-18-20(16(11)19(24)27-2,12-6-4-5-7-14(12)22-18)13(9-21-25)17(10)23(15)26/h3-7,9,11,13,15-17,25-26H,8H2,1-2H3/b10-3?,21-9-/t11-,13+,15+,16+,17+,20+/m1/s1. The Kier molecular flexibility index (Phi) is 3.39. The van der Waals surface area contributed by atoms with Crippen LogP contribution in [0.5, 0.6) is 0 Å². The van der Waals surface area contributed by atoms with E-state index in [2.05, 4.69) is 5.16 Å². The molecule has 0 unspecified atom stereocenters. The maximum atomic E-state index is 13.1. The summed E-state index contributed by atoms with van der Waals surface area (Å²) in [5, 5.41) is 25.1. The van der Waals surface area contributed by atoms with E-state index >= 15 is 0 Å². The number of carbonyl (C=O) groups excluding carboxylic acids is 1. The molecular weight excluding hydrogens is 346 g/mol. The van der Waals surface area contributed by atoms with Gasteiger partial charge in [-0.3, -0.25) is 9.79 Å². The number of allylic oxidation sites excluding steroid dienone is 1. The van der Waals surface area contributed by atoms with E-state index in [0.717, 1.165) is 22.5 Å². The molecule has 6 atom stereocenters. The van der Waals surface area contributed by atoms with E-state index in [1.165, 1.54) is 18.4 Å². The second kappa shape index (κ2) is 5.50. The lowest BCUT2D eigenvalue weighted by molar-refractivity contribution is -0.200. The second-order valence-electron chi connectivity index (χ2n) is 7.65. The Balaban J connectivity index is 1.87. The van der Waals surface area contributed by atoms with Crippen LogP contribution in [-0.4, -0.2) is 52.6 Å². The van der Waals surface area contributed by atoms with Crippen LogP contribution in [0.1, 0.15) is 18.9 Å². The van der Waals surface area contributed by atoms with Gasteiger partial charge in [-0.25, -0.2) is 0 Å². The lowest BCUT2D eigenvalue weighted by Gasteiger charge is -2.65. The van der Waals surface area contributed by atoms with Crippen molar-refractivity contribution in [1.29, 1.82) is 0 Å². The van der Waals surface area contributed by atoms with Crippen LogP contribution >= 0.6 is 0 Å². The molecule has 0 amide bonds. The molecule has 140 valence electrons. The van der Waals surface area contributed by atoms with Gasteiger partial charge in [0.2, 0.25) is 0 Å². The van der Waals surface area contributed by atoms with Crippen LogP contribution in [0.3, 0.4) is 0 Å². The predicted octanol–water partition coefficient (Wildman–Crippen LogP) is 2.30. The zero-order valence-electron chi connectivity index (χ0n) is 15.1. The molecule has 4 bridgehead atoms. The molecule has 3 heterocycles. The van der Waals surface area contributed by atoms with Gasteiger partial charge in [-0.2, -0.15) is 5.06 Å². The zero-order valence-corrected chi connectivity index (χ0v) is 15.1. The minimum atomic E-state index is -0.764. The molecule has 2 aliphatic carbocycles. The first-order valence-corrected chi connectivity index (χ1v) is 9.18. The van der Waals surface area contributed by atoms with Gasteiger partial charge >= 0.3 is 5.97 Å². The van der Waals surface area contributed by atoms with E-state index in [4.69, 9.17) is 9.73 Å². The van der Waals surface area contributed by atoms with Gasteiger partial charge in [-0.1, -0.05) is 29.8 Å². The summed E-state index contributed by atoms with van der Waals surface area (Å²) >= 11 is 0. The molecule has 3 aliphatic heterocycles. The fraction of sp³-hybridized carbons (Fsp3) is 0.450. The Hall–Kier alpha value is -2.51. The number of methoxy groups -OCH3 is 1. The summed E-state index contributed by atoms with van der Waals surface area (Å²) in [7, 11) is 1.41. The summed E-state index contributed by atoms with van der Waals surface area (Å²) in [5.41, 5.74) is 2.75. The van der Waals surface area contributed by atoms with Gasteiger partial charge in [-0.05, 0) is 30.9 Å². The Labute approximate surface area is 156 Å². The van der Waals surface area contributed by atoms with Crippen molar-refractivity contribution in [2.45, 2.75) is 30.8 Å². The molecule has 1 aromatic carbocycles. The van der Waals surface area contributed by atoms with Crippen molar-refractivity contribution >= 4 is 23.6 Å². The summed E-state index contributed by atoms with van der Waals surface area (Å²) in [4.78, 5) is 17.9. The highest BCUT2D eigenvalue weighted by Crippen LogP contribution is 2.66. The molecule has 1 spiro atoms. The van der Waals surface area contributed by atoms with E-state index in [-0.39, 0.29) is 24.0 Å². The number of benzene rings is 1. The van der Waals surface area contributed by atoms with Gasteiger partial charge in [-0.15, -0.1) is 5.16 Å². The number of ether oxygens (including phenoxy) is 1. The summed E-state index contributed by atoms with van der Waals surface area (Å²) in [6.45, 7) is 1.92. The summed E-state index contributed by atoms with van der Waals surface area (Å²) < 4.78 is 5.24. The molecule has 7 nitrogen and oxygen atoms in total. The maximum absolute atomic E-state index is 13.1. The normalized spacial score (nSPS) is 40.3. The van der Waals surface area contributed by atoms with Crippen LogP contribution in [0, 0.1) is 17.8 Å². The van der Waals surface area contributed by atoms with E-state index in [1.807, 2.05) is 37.3 Å². The lowest BCUT2D eigenvalue weighted by Crippen LogP contribution is -2.77.